The van der Waals surface area contributed by atoms with Crippen molar-refractivity contribution < 1.29 is 23.5 Å². The molecular formula is C21H23FN2O4. The van der Waals surface area contributed by atoms with Gasteiger partial charge in [-0.15, -0.1) is 0 Å². The molecule has 1 aliphatic rings. The number of nitrogens with one attached hydrogen (secondary N) is 1. The lowest BCUT2D eigenvalue weighted by Gasteiger charge is -2.38. The lowest BCUT2D eigenvalue weighted by atomic mass is 9.99. The minimum atomic E-state index is -0.507. The molecule has 2 aromatic rings. The smallest absolute Gasteiger partial charge is 0.260 e. The van der Waals surface area contributed by atoms with E-state index >= 15 is 0 Å². The second-order valence-electron chi connectivity index (χ2n) is 6.61. The molecule has 1 aliphatic heterocycles. The molecule has 148 valence electrons. The summed E-state index contributed by atoms with van der Waals surface area (Å²) >= 11 is 0. The number of methoxy groups -OCH3 is 1. The minimum absolute atomic E-state index is 0.0446. The Kier molecular flexibility index (Phi) is 6.47. The van der Waals surface area contributed by atoms with Crippen LogP contribution in [0.25, 0.3) is 0 Å². The normalized spacial score (nSPS) is 13.6. The van der Waals surface area contributed by atoms with Crippen LogP contribution in [0, 0.1) is 11.7 Å². The molecule has 28 heavy (non-hydrogen) atoms. The largest absolute Gasteiger partial charge is 0.497 e. The molecule has 0 spiro atoms. The zero-order valence-electron chi connectivity index (χ0n) is 15.7. The number of halogens is 1. The van der Waals surface area contributed by atoms with E-state index in [9.17, 15) is 14.0 Å². The number of likely N-dealkylation sites (tertiary alicyclic amines) is 1. The lowest BCUT2D eigenvalue weighted by molar-refractivity contribution is -0.144. The molecule has 1 heterocycles. The molecule has 2 amide bonds. The minimum Gasteiger partial charge on any atom is -0.497 e. The van der Waals surface area contributed by atoms with E-state index in [0.717, 1.165) is 11.3 Å². The van der Waals surface area contributed by atoms with Crippen molar-refractivity contribution in [3.05, 3.63) is 59.9 Å². The number of hydrogen-bond acceptors (Lipinski definition) is 4. The second kappa shape index (κ2) is 9.21. The highest BCUT2D eigenvalue weighted by Gasteiger charge is 2.35. The van der Waals surface area contributed by atoms with Gasteiger partial charge in [0, 0.05) is 19.6 Å². The monoisotopic (exact) mass is 386 g/mol. The summed E-state index contributed by atoms with van der Waals surface area (Å²) < 4.78 is 23.9. The van der Waals surface area contributed by atoms with E-state index in [0.29, 0.717) is 26.1 Å². The second-order valence-corrected chi connectivity index (χ2v) is 6.61. The number of hydrogen-bond donors (Lipinski definition) is 1. The van der Waals surface area contributed by atoms with Crippen molar-refractivity contribution in [1.29, 1.82) is 0 Å². The van der Waals surface area contributed by atoms with Crippen molar-refractivity contribution in [1.82, 2.24) is 10.2 Å². The van der Waals surface area contributed by atoms with Crippen molar-refractivity contribution >= 4 is 11.8 Å². The van der Waals surface area contributed by atoms with Gasteiger partial charge in [-0.1, -0.05) is 24.3 Å². The quantitative estimate of drug-likeness (QED) is 0.754. The number of carbonyl (C=O) groups is 2. The highest BCUT2D eigenvalue weighted by Crippen LogP contribution is 2.18. The van der Waals surface area contributed by atoms with Crippen LogP contribution in [0.2, 0.25) is 0 Å². The van der Waals surface area contributed by atoms with Crippen molar-refractivity contribution in [2.75, 3.05) is 33.4 Å². The standard InChI is InChI=1S/C21H23FN2O4/c1-27-17-6-4-5-15(11-17)9-10-23-21(26)16-12-24(13-16)20(25)14-28-19-8-3-2-7-18(19)22/h2-8,11,16H,9-10,12-14H2,1H3,(H,23,26). The van der Waals surface area contributed by atoms with Gasteiger partial charge in [0.25, 0.3) is 5.91 Å². The van der Waals surface area contributed by atoms with E-state index < -0.39 is 5.82 Å². The fraction of sp³-hybridized carbons (Fsp3) is 0.333. The Morgan fingerprint density at radius 2 is 1.96 bits per heavy atom. The van der Waals surface area contributed by atoms with Gasteiger partial charge in [-0.2, -0.15) is 0 Å². The van der Waals surface area contributed by atoms with E-state index in [-0.39, 0.29) is 30.1 Å². The van der Waals surface area contributed by atoms with Crippen molar-refractivity contribution in [2.24, 2.45) is 5.92 Å². The van der Waals surface area contributed by atoms with Crippen LogP contribution >= 0.6 is 0 Å². The Hall–Kier alpha value is -3.09. The zero-order valence-corrected chi connectivity index (χ0v) is 15.7. The van der Waals surface area contributed by atoms with Gasteiger partial charge in [0.05, 0.1) is 13.0 Å². The van der Waals surface area contributed by atoms with Gasteiger partial charge in [-0.3, -0.25) is 9.59 Å². The third-order valence-electron chi connectivity index (χ3n) is 4.64. The van der Waals surface area contributed by atoms with Crippen LogP contribution in [-0.2, 0) is 16.0 Å². The molecule has 0 radical (unpaired) electrons. The summed E-state index contributed by atoms with van der Waals surface area (Å²) in [5.41, 5.74) is 1.08. The molecule has 2 aromatic carbocycles. The first-order valence-electron chi connectivity index (χ1n) is 9.12. The van der Waals surface area contributed by atoms with Crippen molar-refractivity contribution in [3.63, 3.8) is 0 Å². The first kappa shape index (κ1) is 19.7. The SMILES string of the molecule is COc1cccc(CCNC(=O)C2CN(C(=O)COc3ccccc3F)C2)c1. The molecule has 1 fully saturated rings. The Labute approximate surface area is 163 Å². The summed E-state index contributed by atoms with van der Waals surface area (Å²) in [6.45, 7) is 0.979. The number of rotatable bonds is 8. The molecule has 0 aliphatic carbocycles. The first-order valence-corrected chi connectivity index (χ1v) is 9.12. The maximum Gasteiger partial charge on any atom is 0.260 e. The van der Waals surface area contributed by atoms with Crippen LogP contribution in [0.1, 0.15) is 5.56 Å². The Bertz CT molecular complexity index is 837. The third-order valence-corrected chi connectivity index (χ3v) is 4.64. The average Bonchev–Trinajstić information content (AvgIpc) is 2.66. The summed E-state index contributed by atoms with van der Waals surface area (Å²) in [5.74, 6) is -0.224. The van der Waals surface area contributed by atoms with Crippen LogP contribution in [0.3, 0.4) is 0 Å². The molecule has 1 N–H and O–H groups in total. The number of amides is 2. The third kappa shape index (κ3) is 5.00. The van der Waals surface area contributed by atoms with Gasteiger partial charge in [0.2, 0.25) is 5.91 Å². The maximum absolute atomic E-state index is 13.5. The number of ether oxygens (including phenoxy) is 2. The Morgan fingerprint density at radius 1 is 1.18 bits per heavy atom. The predicted molar refractivity (Wildman–Crippen MR) is 102 cm³/mol. The van der Waals surface area contributed by atoms with Crippen LogP contribution in [0.15, 0.2) is 48.5 Å². The first-order chi connectivity index (χ1) is 13.6. The van der Waals surface area contributed by atoms with E-state index in [1.165, 1.54) is 17.0 Å². The Morgan fingerprint density at radius 3 is 2.71 bits per heavy atom. The van der Waals surface area contributed by atoms with Gasteiger partial charge in [0.1, 0.15) is 5.75 Å². The van der Waals surface area contributed by atoms with Crippen LogP contribution in [-0.4, -0.2) is 50.1 Å². The molecule has 0 saturated carbocycles. The van der Waals surface area contributed by atoms with Gasteiger partial charge in [-0.05, 0) is 36.2 Å². The van der Waals surface area contributed by atoms with Gasteiger partial charge in [0.15, 0.2) is 18.2 Å². The Balaban J connectivity index is 1.35. The highest BCUT2D eigenvalue weighted by atomic mass is 19.1. The fourth-order valence-corrected chi connectivity index (χ4v) is 2.94. The van der Waals surface area contributed by atoms with E-state index in [4.69, 9.17) is 9.47 Å². The maximum atomic E-state index is 13.5. The summed E-state index contributed by atoms with van der Waals surface area (Å²) in [7, 11) is 1.62. The zero-order chi connectivity index (χ0) is 19.9. The van der Waals surface area contributed by atoms with Crippen LogP contribution in [0.4, 0.5) is 4.39 Å². The molecule has 0 aromatic heterocycles. The number of para-hydroxylation sites is 1. The molecule has 6 nitrogen and oxygen atoms in total. The van der Waals surface area contributed by atoms with E-state index in [1.807, 2.05) is 24.3 Å². The summed E-state index contributed by atoms with van der Waals surface area (Å²) in [6, 6.07) is 13.6. The van der Waals surface area contributed by atoms with Gasteiger partial charge < -0.3 is 19.7 Å². The van der Waals surface area contributed by atoms with Crippen molar-refractivity contribution in [2.45, 2.75) is 6.42 Å². The number of nitrogens with zero attached hydrogens (tertiary/aromatic N) is 1. The van der Waals surface area contributed by atoms with Crippen molar-refractivity contribution in [3.8, 4) is 11.5 Å². The molecule has 0 bridgehead atoms. The predicted octanol–water partition coefficient (Wildman–Crippen LogP) is 2.03. The van der Waals surface area contributed by atoms with Gasteiger partial charge >= 0.3 is 0 Å². The fourth-order valence-electron chi connectivity index (χ4n) is 2.94. The summed E-state index contributed by atoms with van der Waals surface area (Å²) in [5, 5.41) is 2.90. The number of carbonyl (C=O) groups excluding carboxylic acids is 2. The lowest BCUT2D eigenvalue weighted by Crippen LogP contribution is -2.56. The molecular weight excluding hydrogens is 363 g/mol. The summed E-state index contributed by atoms with van der Waals surface area (Å²) in [4.78, 5) is 25.8. The van der Waals surface area contributed by atoms with E-state index in [1.54, 1.807) is 19.2 Å². The van der Waals surface area contributed by atoms with Crippen LogP contribution in [0.5, 0.6) is 11.5 Å². The molecule has 0 unspecified atom stereocenters. The average molecular weight is 386 g/mol. The van der Waals surface area contributed by atoms with Gasteiger partial charge in [-0.25, -0.2) is 4.39 Å². The van der Waals surface area contributed by atoms with E-state index in [2.05, 4.69) is 5.32 Å². The van der Waals surface area contributed by atoms with Crippen LogP contribution < -0.4 is 14.8 Å². The number of benzene rings is 2. The molecule has 7 heteroatoms. The highest BCUT2D eigenvalue weighted by molar-refractivity contribution is 5.85. The summed E-state index contributed by atoms with van der Waals surface area (Å²) in [6.07, 6.45) is 0.703. The molecule has 3 rings (SSSR count). The molecule has 0 atom stereocenters. The molecule has 1 saturated heterocycles. The topological polar surface area (TPSA) is 67.9 Å².